The number of hydrogen-bond donors (Lipinski definition) is 1. The highest BCUT2D eigenvalue weighted by Crippen LogP contribution is 2.24. The van der Waals surface area contributed by atoms with Gasteiger partial charge in [0.05, 0.1) is 0 Å². The minimum absolute atomic E-state index is 0.240. The number of rotatable bonds is 5. The molecule has 2 rings (SSSR count). The molecule has 0 heterocycles. The molecule has 0 aromatic heterocycles. The molecule has 0 amide bonds. The van der Waals surface area contributed by atoms with E-state index in [1.807, 2.05) is 0 Å². The Labute approximate surface area is 118 Å². The van der Waals surface area contributed by atoms with Crippen molar-refractivity contribution in [3.63, 3.8) is 0 Å². The maximum atomic E-state index is 3.55. The van der Waals surface area contributed by atoms with Gasteiger partial charge in [-0.1, -0.05) is 51.1 Å². The minimum Gasteiger partial charge on any atom is -0.314 e. The van der Waals surface area contributed by atoms with Crippen LogP contribution in [0.15, 0.2) is 30.3 Å². The van der Waals surface area contributed by atoms with E-state index >= 15 is 0 Å². The van der Waals surface area contributed by atoms with Gasteiger partial charge in [-0.15, -0.1) is 0 Å². The van der Waals surface area contributed by atoms with Crippen LogP contribution in [0.3, 0.4) is 0 Å². The zero-order valence-electron chi connectivity index (χ0n) is 12.8. The van der Waals surface area contributed by atoms with Crippen LogP contribution in [0.4, 0.5) is 0 Å². The van der Waals surface area contributed by atoms with Crippen molar-refractivity contribution in [3.8, 4) is 0 Å². The summed E-state index contributed by atoms with van der Waals surface area (Å²) in [5.74, 6) is 0. The summed E-state index contributed by atoms with van der Waals surface area (Å²) >= 11 is 0. The topological polar surface area (TPSA) is 12.0 Å². The summed E-state index contributed by atoms with van der Waals surface area (Å²) in [6.07, 6.45) is 6.22. The molecule has 19 heavy (non-hydrogen) atoms. The molecule has 1 nitrogen and oxygen atoms in total. The molecule has 1 fully saturated rings. The zero-order valence-corrected chi connectivity index (χ0v) is 12.8. The molecule has 1 aromatic rings. The molecule has 1 aliphatic carbocycles. The average Bonchev–Trinajstić information content (AvgIpc) is 3.17. The van der Waals surface area contributed by atoms with Crippen LogP contribution in [0.2, 0.25) is 0 Å². The lowest BCUT2D eigenvalue weighted by molar-refractivity contribution is 0.590. The fourth-order valence-corrected chi connectivity index (χ4v) is 2.21. The first-order valence-electron chi connectivity index (χ1n) is 7.48. The van der Waals surface area contributed by atoms with Crippen LogP contribution in [0.1, 0.15) is 58.1 Å². The van der Waals surface area contributed by atoms with E-state index in [-0.39, 0.29) is 5.41 Å². The molecular weight excluding hydrogens is 230 g/mol. The van der Waals surface area contributed by atoms with Crippen LogP contribution in [0.25, 0.3) is 5.57 Å². The van der Waals surface area contributed by atoms with Crippen molar-refractivity contribution in [1.29, 1.82) is 0 Å². The van der Waals surface area contributed by atoms with Gasteiger partial charge in [-0.05, 0) is 54.8 Å². The number of benzene rings is 1. The van der Waals surface area contributed by atoms with Crippen molar-refractivity contribution in [2.75, 3.05) is 6.54 Å². The zero-order chi connectivity index (χ0) is 13.9. The summed E-state index contributed by atoms with van der Waals surface area (Å²) in [4.78, 5) is 0. The van der Waals surface area contributed by atoms with Crippen molar-refractivity contribution in [2.24, 2.45) is 0 Å². The second kappa shape index (κ2) is 5.92. The minimum atomic E-state index is 0.240. The molecule has 1 aromatic carbocycles. The molecule has 0 saturated heterocycles. The summed E-state index contributed by atoms with van der Waals surface area (Å²) in [5.41, 5.74) is 4.38. The monoisotopic (exact) mass is 257 g/mol. The number of hydrogen-bond acceptors (Lipinski definition) is 1. The average molecular weight is 257 g/mol. The van der Waals surface area contributed by atoms with Gasteiger partial charge in [-0.2, -0.15) is 0 Å². The van der Waals surface area contributed by atoms with Crippen LogP contribution >= 0.6 is 0 Å². The van der Waals surface area contributed by atoms with E-state index in [4.69, 9.17) is 0 Å². The van der Waals surface area contributed by atoms with E-state index < -0.39 is 0 Å². The molecule has 1 heteroatoms. The first-order chi connectivity index (χ1) is 8.97. The third-order valence-electron chi connectivity index (χ3n) is 3.81. The van der Waals surface area contributed by atoms with Gasteiger partial charge in [-0.25, -0.2) is 0 Å². The predicted octanol–water partition coefficient (Wildman–Crippen LogP) is 4.53. The molecule has 0 spiro atoms. The van der Waals surface area contributed by atoms with Gasteiger partial charge >= 0.3 is 0 Å². The second-order valence-corrected chi connectivity index (χ2v) is 6.73. The first-order valence-corrected chi connectivity index (χ1v) is 7.48. The lowest BCUT2D eigenvalue weighted by Crippen LogP contribution is -2.16. The number of nitrogens with one attached hydrogen (secondary N) is 1. The Morgan fingerprint density at radius 1 is 1.21 bits per heavy atom. The van der Waals surface area contributed by atoms with Crippen molar-refractivity contribution >= 4 is 5.57 Å². The van der Waals surface area contributed by atoms with Crippen molar-refractivity contribution in [2.45, 2.75) is 58.4 Å². The van der Waals surface area contributed by atoms with Crippen LogP contribution < -0.4 is 5.32 Å². The third kappa shape index (κ3) is 4.50. The van der Waals surface area contributed by atoms with Gasteiger partial charge in [0.15, 0.2) is 0 Å². The van der Waals surface area contributed by atoms with Crippen molar-refractivity contribution in [1.82, 2.24) is 5.32 Å². The Balaban J connectivity index is 1.90. The molecule has 0 radical (unpaired) electrons. The summed E-state index contributed by atoms with van der Waals surface area (Å²) in [7, 11) is 0. The maximum Gasteiger partial charge on any atom is 0.00683 e. The van der Waals surface area contributed by atoms with Gasteiger partial charge in [0, 0.05) is 6.04 Å². The van der Waals surface area contributed by atoms with E-state index in [0.717, 1.165) is 19.0 Å². The SMILES string of the molecule is CC(=CCCNC1CC1)c1ccc(C(C)(C)C)cc1. The van der Waals surface area contributed by atoms with Gasteiger partial charge in [0.2, 0.25) is 0 Å². The van der Waals surface area contributed by atoms with E-state index in [2.05, 4.69) is 63.4 Å². The van der Waals surface area contributed by atoms with Crippen molar-refractivity contribution in [3.05, 3.63) is 41.5 Å². The predicted molar refractivity (Wildman–Crippen MR) is 84.4 cm³/mol. The molecule has 1 N–H and O–H groups in total. The van der Waals surface area contributed by atoms with Gasteiger partial charge in [0.25, 0.3) is 0 Å². The summed E-state index contributed by atoms with van der Waals surface area (Å²) in [5, 5.41) is 3.55. The molecular formula is C18H27N. The van der Waals surface area contributed by atoms with Gasteiger partial charge < -0.3 is 5.32 Å². The summed E-state index contributed by atoms with van der Waals surface area (Å²) < 4.78 is 0. The quantitative estimate of drug-likeness (QED) is 0.764. The Morgan fingerprint density at radius 3 is 2.37 bits per heavy atom. The number of allylic oxidation sites excluding steroid dienone is 1. The normalized spacial score (nSPS) is 16.7. The third-order valence-corrected chi connectivity index (χ3v) is 3.81. The van der Waals surface area contributed by atoms with Crippen LogP contribution in [-0.4, -0.2) is 12.6 Å². The Bertz CT molecular complexity index is 430. The summed E-state index contributed by atoms with van der Waals surface area (Å²) in [6.45, 7) is 10.1. The smallest absolute Gasteiger partial charge is 0.00683 e. The highest BCUT2D eigenvalue weighted by atomic mass is 14.9. The van der Waals surface area contributed by atoms with Crippen LogP contribution in [0, 0.1) is 0 Å². The standard InChI is InChI=1S/C18H27N/c1-14(6-5-13-19-17-11-12-17)15-7-9-16(10-8-15)18(2,3)4/h6-10,17,19H,5,11-13H2,1-4H3. The van der Waals surface area contributed by atoms with Crippen molar-refractivity contribution < 1.29 is 0 Å². The second-order valence-electron chi connectivity index (χ2n) is 6.73. The largest absolute Gasteiger partial charge is 0.314 e. The van der Waals surface area contributed by atoms with Crippen LogP contribution in [-0.2, 0) is 5.41 Å². The fraction of sp³-hybridized carbons (Fsp3) is 0.556. The lowest BCUT2D eigenvalue weighted by atomic mass is 9.86. The molecule has 104 valence electrons. The Kier molecular flexibility index (Phi) is 4.46. The first kappa shape index (κ1) is 14.3. The lowest BCUT2D eigenvalue weighted by Gasteiger charge is -2.19. The van der Waals surface area contributed by atoms with E-state index in [9.17, 15) is 0 Å². The van der Waals surface area contributed by atoms with E-state index in [0.29, 0.717) is 0 Å². The van der Waals surface area contributed by atoms with E-state index in [1.165, 1.54) is 29.5 Å². The van der Waals surface area contributed by atoms with Gasteiger partial charge in [0.1, 0.15) is 0 Å². The molecule has 0 bridgehead atoms. The summed E-state index contributed by atoms with van der Waals surface area (Å²) in [6, 6.07) is 9.84. The highest BCUT2D eigenvalue weighted by molar-refractivity contribution is 5.63. The molecule has 0 aliphatic heterocycles. The molecule has 0 unspecified atom stereocenters. The molecule has 1 aliphatic rings. The Morgan fingerprint density at radius 2 is 1.84 bits per heavy atom. The van der Waals surface area contributed by atoms with Gasteiger partial charge in [-0.3, -0.25) is 0 Å². The molecule has 1 saturated carbocycles. The fourth-order valence-electron chi connectivity index (χ4n) is 2.21. The van der Waals surface area contributed by atoms with Crippen LogP contribution in [0.5, 0.6) is 0 Å². The Hall–Kier alpha value is -1.08. The van der Waals surface area contributed by atoms with E-state index in [1.54, 1.807) is 0 Å². The highest BCUT2D eigenvalue weighted by Gasteiger charge is 2.19. The maximum absolute atomic E-state index is 3.55. The molecule has 0 atom stereocenters.